The molecule has 10 nitrogen and oxygen atoms in total. The number of fused-ring (bicyclic) bond motifs is 1. The van der Waals surface area contributed by atoms with Crippen LogP contribution in [0.3, 0.4) is 0 Å². The molecule has 2 atom stereocenters. The number of likely N-dealkylation sites (tertiary alicyclic amines) is 2. The van der Waals surface area contributed by atoms with Gasteiger partial charge in [-0.15, -0.1) is 0 Å². The molecule has 0 bridgehead atoms. The molecule has 180 valence electrons. The number of carboxylic acid groups (broad SMARTS) is 2. The number of nitrogens with zero attached hydrogens (tertiary/aromatic N) is 2. The smallest absolute Gasteiger partial charge is 0.326 e. The van der Waals surface area contributed by atoms with Crippen LogP contribution in [0.25, 0.3) is 10.8 Å². The van der Waals surface area contributed by atoms with Crippen molar-refractivity contribution in [3.8, 4) is 11.5 Å². The van der Waals surface area contributed by atoms with E-state index in [4.69, 9.17) is 9.47 Å². The van der Waals surface area contributed by atoms with E-state index in [1.807, 2.05) is 24.3 Å². The lowest BCUT2D eigenvalue weighted by atomic mass is 10.1. The number of carbonyl (C=O) groups excluding carboxylic acids is 2. The molecule has 2 aromatic rings. The number of aliphatic carboxylic acids is 2. The predicted octanol–water partition coefficient (Wildman–Crippen LogP) is 1.75. The highest BCUT2D eigenvalue weighted by atomic mass is 16.5. The molecule has 2 aliphatic heterocycles. The summed E-state index contributed by atoms with van der Waals surface area (Å²) in [5.41, 5.74) is 0. The third-order valence-electron chi connectivity index (χ3n) is 6.23. The van der Waals surface area contributed by atoms with Crippen LogP contribution in [0.15, 0.2) is 36.4 Å². The summed E-state index contributed by atoms with van der Waals surface area (Å²) in [6.07, 6.45) is 2.04. The fourth-order valence-corrected chi connectivity index (χ4v) is 4.51. The van der Waals surface area contributed by atoms with Crippen LogP contribution >= 0.6 is 0 Å². The summed E-state index contributed by atoms with van der Waals surface area (Å²) in [6.45, 7) is -0.0378. The lowest BCUT2D eigenvalue weighted by molar-refractivity contribution is -0.149. The summed E-state index contributed by atoms with van der Waals surface area (Å²) in [4.78, 5) is 50.6. The lowest BCUT2D eigenvalue weighted by Crippen LogP contribution is -2.43. The van der Waals surface area contributed by atoms with Crippen molar-refractivity contribution in [2.45, 2.75) is 37.8 Å². The van der Waals surface area contributed by atoms with Crippen molar-refractivity contribution in [3.05, 3.63) is 36.4 Å². The molecule has 0 saturated carbocycles. The van der Waals surface area contributed by atoms with Gasteiger partial charge in [0.25, 0.3) is 11.8 Å². The van der Waals surface area contributed by atoms with Crippen LogP contribution in [-0.4, -0.2) is 82.2 Å². The minimum Gasteiger partial charge on any atom is -0.480 e. The minimum atomic E-state index is -1.04. The van der Waals surface area contributed by atoms with Gasteiger partial charge in [-0.2, -0.15) is 0 Å². The second-order valence-electron chi connectivity index (χ2n) is 8.39. The summed E-state index contributed by atoms with van der Waals surface area (Å²) in [5.74, 6) is -2.49. The number of benzene rings is 2. The van der Waals surface area contributed by atoms with Crippen molar-refractivity contribution in [1.82, 2.24) is 9.80 Å². The third-order valence-corrected chi connectivity index (χ3v) is 6.23. The summed E-state index contributed by atoms with van der Waals surface area (Å²) in [7, 11) is 0. The summed E-state index contributed by atoms with van der Waals surface area (Å²) < 4.78 is 11.5. The number of amides is 2. The SMILES string of the molecule is O=C(O)C1CCCN1C(=O)COc1cc2ccccc2cc1OCC(=O)N1CCCC1C(=O)O. The van der Waals surface area contributed by atoms with Gasteiger partial charge < -0.3 is 29.5 Å². The molecular formula is C24H26N2O8. The molecule has 10 heteroatoms. The standard InChI is InChI=1S/C24H26N2O8/c27-21(25-9-3-7-17(25)23(29)30)13-33-19-11-15-5-1-2-6-16(15)12-20(19)34-14-22(28)26-10-4-8-18(26)24(31)32/h1-2,5-6,11-12,17-18H,3-4,7-10,13-14H2,(H,29,30)(H,31,32). The molecule has 2 heterocycles. The second kappa shape index (κ2) is 9.98. The Morgan fingerprint density at radius 1 is 0.765 bits per heavy atom. The van der Waals surface area contributed by atoms with E-state index in [1.165, 1.54) is 9.80 Å². The highest BCUT2D eigenvalue weighted by Gasteiger charge is 2.35. The van der Waals surface area contributed by atoms with Crippen LogP contribution in [0.1, 0.15) is 25.7 Å². The Morgan fingerprint density at radius 3 is 1.56 bits per heavy atom. The average molecular weight is 470 g/mol. The second-order valence-corrected chi connectivity index (χ2v) is 8.39. The van der Waals surface area contributed by atoms with Crippen LogP contribution in [0.2, 0.25) is 0 Å². The monoisotopic (exact) mass is 470 g/mol. The summed E-state index contributed by atoms with van der Waals surface area (Å²) in [5, 5.41) is 20.3. The first-order valence-corrected chi connectivity index (χ1v) is 11.2. The zero-order valence-electron chi connectivity index (χ0n) is 18.5. The van der Waals surface area contributed by atoms with Crippen LogP contribution in [-0.2, 0) is 19.2 Å². The van der Waals surface area contributed by atoms with Gasteiger partial charge in [0, 0.05) is 13.1 Å². The van der Waals surface area contributed by atoms with Gasteiger partial charge >= 0.3 is 11.9 Å². The van der Waals surface area contributed by atoms with Gasteiger partial charge in [0.05, 0.1) is 0 Å². The van der Waals surface area contributed by atoms with Crippen LogP contribution in [0, 0.1) is 0 Å². The molecule has 4 rings (SSSR count). The Hall–Kier alpha value is -3.82. The van der Waals surface area contributed by atoms with E-state index in [9.17, 15) is 29.4 Å². The Kier molecular flexibility index (Phi) is 6.85. The Balaban J connectivity index is 1.49. The van der Waals surface area contributed by atoms with Gasteiger partial charge in [0.15, 0.2) is 24.7 Å². The molecular weight excluding hydrogens is 444 g/mol. The number of hydrogen-bond donors (Lipinski definition) is 2. The molecule has 2 aromatic carbocycles. The zero-order chi connectivity index (χ0) is 24.2. The number of ether oxygens (including phenoxy) is 2. The van der Waals surface area contributed by atoms with E-state index in [1.54, 1.807) is 12.1 Å². The molecule has 0 aliphatic carbocycles. The molecule has 0 radical (unpaired) electrons. The van der Waals surface area contributed by atoms with Gasteiger partial charge in [-0.1, -0.05) is 24.3 Å². The quantitative estimate of drug-likeness (QED) is 0.596. The van der Waals surface area contributed by atoms with Crippen molar-refractivity contribution in [1.29, 1.82) is 0 Å². The maximum Gasteiger partial charge on any atom is 0.326 e. The fourth-order valence-electron chi connectivity index (χ4n) is 4.51. The van der Waals surface area contributed by atoms with Crippen molar-refractivity contribution in [2.24, 2.45) is 0 Å². The molecule has 2 aliphatic rings. The van der Waals surface area contributed by atoms with E-state index in [-0.39, 0.29) is 24.7 Å². The molecule has 2 fully saturated rings. The van der Waals surface area contributed by atoms with Gasteiger partial charge in [-0.25, -0.2) is 9.59 Å². The molecule has 2 unspecified atom stereocenters. The van der Waals surface area contributed by atoms with Gasteiger partial charge in [0.1, 0.15) is 12.1 Å². The van der Waals surface area contributed by atoms with Crippen molar-refractivity contribution in [3.63, 3.8) is 0 Å². The zero-order valence-corrected chi connectivity index (χ0v) is 18.5. The Bertz CT molecular complexity index is 1030. The Labute approximate surface area is 195 Å². The molecule has 0 aromatic heterocycles. The van der Waals surface area contributed by atoms with E-state index < -0.39 is 35.8 Å². The van der Waals surface area contributed by atoms with Crippen LogP contribution < -0.4 is 9.47 Å². The number of carbonyl (C=O) groups is 4. The Morgan fingerprint density at radius 2 is 1.18 bits per heavy atom. The van der Waals surface area contributed by atoms with Crippen LogP contribution in [0.5, 0.6) is 11.5 Å². The number of carboxylic acids is 2. The van der Waals surface area contributed by atoms with Gasteiger partial charge in [-0.3, -0.25) is 9.59 Å². The highest BCUT2D eigenvalue weighted by molar-refractivity contribution is 5.88. The van der Waals surface area contributed by atoms with E-state index in [0.717, 1.165) is 10.8 Å². The molecule has 34 heavy (non-hydrogen) atoms. The van der Waals surface area contributed by atoms with Gasteiger partial charge in [0.2, 0.25) is 0 Å². The third kappa shape index (κ3) is 4.90. The molecule has 2 saturated heterocycles. The highest BCUT2D eigenvalue weighted by Crippen LogP contribution is 2.33. The van der Waals surface area contributed by atoms with Crippen molar-refractivity contribution in [2.75, 3.05) is 26.3 Å². The topological polar surface area (TPSA) is 134 Å². The van der Waals surface area contributed by atoms with E-state index in [0.29, 0.717) is 38.8 Å². The van der Waals surface area contributed by atoms with Gasteiger partial charge in [-0.05, 0) is 48.6 Å². The van der Waals surface area contributed by atoms with E-state index >= 15 is 0 Å². The average Bonchev–Trinajstić information content (AvgIpc) is 3.51. The van der Waals surface area contributed by atoms with Crippen LogP contribution in [0.4, 0.5) is 0 Å². The molecule has 2 N–H and O–H groups in total. The summed E-state index contributed by atoms with van der Waals surface area (Å²) >= 11 is 0. The predicted molar refractivity (Wildman–Crippen MR) is 120 cm³/mol. The number of hydrogen-bond acceptors (Lipinski definition) is 6. The van der Waals surface area contributed by atoms with Crippen molar-refractivity contribution < 1.29 is 38.9 Å². The molecule has 2 amide bonds. The maximum absolute atomic E-state index is 12.6. The number of rotatable bonds is 8. The fraction of sp³-hybridized carbons (Fsp3) is 0.417. The summed E-state index contributed by atoms with van der Waals surface area (Å²) in [6, 6.07) is 9.09. The lowest BCUT2D eigenvalue weighted by Gasteiger charge is -2.23. The first-order chi connectivity index (χ1) is 16.3. The normalized spacial score (nSPS) is 19.9. The maximum atomic E-state index is 12.6. The molecule has 0 spiro atoms. The minimum absolute atomic E-state index is 0.238. The largest absolute Gasteiger partial charge is 0.480 e. The van der Waals surface area contributed by atoms with Crippen molar-refractivity contribution >= 4 is 34.5 Å². The first-order valence-electron chi connectivity index (χ1n) is 11.2. The first kappa shape index (κ1) is 23.3. The van der Waals surface area contributed by atoms with E-state index in [2.05, 4.69) is 0 Å².